The Bertz CT molecular complexity index is 935. The molecule has 8 heteroatoms. The number of hydrogen-bond donors (Lipinski definition) is 4. The third-order valence-electron chi connectivity index (χ3n) is 4.96. The molecule has 0 spiro atoms. The molecule has 4 N–H and O–H groups in total. The van der Waals surface area contributed by atoms with Gasteiger partial charge in [0.2, 0.25) is 11.8 Å². The molecule has 2 rings (SSSR count). The van der Waals surface area contributed by atoms with Gasteiger partial charge in [-0.2, -0.15) is 0 Å². The van der Waals surface area contributed by atoms with Crippen LogP contribution in [0.25, 0.3) is 12.2 Å². The molecule has 0 saturated heterocycles. The molecule has 0 fully saturated rings. The highest BCUT2D eigenvalue weighted by Gasteiger charge is 2.02. The van der Waals surface area contributed by atoms with Crippen molar-refractivity contribution in [2.75, 3.05) is 27.3 Å². The summed E-state index contributed by atoms with van der Waals surface area (Å²) in [5.41, 5.74) is 1.40. The summed E-state index contributed by atoms with van der Waals surface area (Å²) in [5, 5.41) is 25.2. The number of phenolic OH excluding ortho intramolecular Hbond substituents is 2. The third-order valence-corrected chi connectivity index (χ3v) is 4.96. The Morgan fingerprint density at radius 3 is 1.50 bits per heavy atom. The van der Waals surface area contributed by atoms with Crippen LogP contribution in [0.15, 0.2) is 48.6 Å². The fourth-order valence-corrected chi connectivity index (χ4v) is 3.11. The van der Waals surface area contributed by atoms with Gasteiger partial charge in [-0.1, -0.05) is 25.0 Å². The highest BCUT2D eigenvalue weighted by atomic mass is 16.5. The van der Waals surface area contributed by atoms with E-state index in [-0.39, 0.29) is 23.3 Å². The second kappa shape index (κ2) is 14.3. The number of aromatic hydroxyl groups is 2. The summed E-state index contributed by atoms with van der Waals surface area (Å²) >= 11 is 0. The Morgan fingerprint density at radius 1 is 0.735 bits per heavy atom. The predicted molar refractivity (Wildman–Crippen MR) is 132 cm³/mol. The van der Waals surface area contributed by atoms with Gasteiger partial charge in [0.05, 0.1) is 14.2 Å². The number of carbonyl (C=O) groups is 2. The molecule has 0 radical (unpaired) electrons. The van der Waals surface area contributed by atoms with Gasteiger partial charge in [-0.05, 0) is 60.4 Å². The molecule has 0 heterocycles. The van der Waals surface area contributed by atoms with Crippen LogP contribution in [0.4, 0.5) is 0 Å². The van der Waals surface area contributed by atoms with Gasteiger partial charge in [0, 0.05) is 25.2 Å². The average molecular weight is 469 g/mol. The number of amides is 2. The van der Waals surface area contributed by atoms with Crippen LogP contribution in [0.5, 0.6) is 23.0 Å². The molecule has 2 amide bonds. The number of ether oxygens (including phenoxy) is 2. The van der Waals surface area contributed by atoms with Crippen molar-refractivity contribution in [3.63, 3.8) is 0 Å². The van der Waals surface area contributed by atoms with Crippen LogP contribution in [0.3, 0.4) is 0 Å². The zero-order chi connectivity index (χ0) is 24.8. The number of unbranched alkanes of at least 4 members (excludes halogenated alkanes) is 3. The van der Waals surface area contributed by atoms with E-state index in [0.29, 0.717) is 35.7 Å². The lowest BCUT2D eigenvalue weighted by Crippen LogP contribution is -2.23. The van der Waals surface area contributed by atoms with E-state index in [4.69, 9.17) is 9.47 Å². The van der Waals surface area contributed by atoms with Crippen molar-refractivity contribution in [2.45, 2.75) is 25.7 Å². The van der Waals surface area contributed by atoms with Crippen molar-refractivity contribution < 1.29 is 29.3 Å². The predicted octanol–water partition coefficient (Wildman–Crippen LogP) is 3.63. The molecule has 0 aliphatic carbocycles. The zero-order valence-electron chi connectivity index (χ0n) is 19.5. The van der Waals surface area contributed by atoms with E-state index in [0.717, 1.165) is 25.7 Å². The normalized spacial score (nSPS) is 11.0. The standard InChI is InChI=1S/C26H32N2O6/c1-33-23-11-7-19(17-21(23)29)9-13-25(31)27-15-5-3-4-6-16-28-26(32)14-10-20-8-12-24(34-2)22(30)18-20/h7-14,17-18,29-30H,3-6,15-16H2,1-2H3,(H,27,31)(H,28,32)/b13-9+,14-10+. The van der Waals surface area contributed by atoms with Gasteiger partial charge in [-0.15, -0.1) is 0 Å². The number of carbonyl (C=O) groups excluding carboxylic acids is 2. The first-order chi connectivity index (χ1) is 16.4. The molecule has 0 aliphatic heterocycles. The van der Waals surface area contributed by atoms with Crippen LogP contribution in [0.1, 0.15) is 36.8 Å². The smallest absolute Gasteiger partial charge is 0.243 e. The Morgan fingerprint density at radius 2 is 1.15 bits per heavy atom. The van der Waals surface area contributed by atoms with Crippen LogP contribution in [0.2, 0.25) is 0 Å². The van der Waals surface area contributed by atoms with E-state index >= 15 is 0 Å². The topological polar surface area (TPSA) is 117 Å². The lowest BCUT2D eigenvalue weighted by atomic mass is 10.1. The van der Waals surface area contributed by atoms with Gasteiger partial charge in [-0.3, -0.25) is 9.59 Å². The quantitative estimate of drug-likeness (QED) is 0.263. The highest BCUT2D eigenvalue weighted by Crippen LogP contribution is 2.27. The van der Waals surface area contributed by atoms with Crippen molar-refractivity contribution in [1.29, 1.82) is 0 Å². The Labute approximate surface area is 199 Å². The second-order valence-corrected chi connectivity index (χ2v) is 7.53. The molecule has 0 aliphatic rings. The van der Waals surface area contributed by atoms with E-state index < -0.39 is 0 Å². The van der Waals surface area contributed by atoms with E-state index in [1.54, 1.807) is 36.4 Å². The van der Waals surface area contributed by atoms with Gasteiger partial charge in [0.15, 0.2) is 23.0 Å². The van der Waals surface area contributed by atoms with Crippen LogP contribution < -0.4 is 20.1 Å². The minimum absolute atomic E-state index is 0.0230. The van der Waals surface area contributed by atoms with Crippen LogP contribution in [0, 0.1) is 0 Å². The van der Waals surface area contributed by atoms with Gasteiger partial charge >= 0.3 is 0 Å². The van der Waals surface area contributed by atoms with Crippen LogP contribution >= 0.6 is 0 Å². The van der Waals surface area contributed by atoms with Gasteiger partial charge in [0.1, 0.15) is 0 Å². The van der Waals surface area contributed by atoms with E-state index in [2.05, 4.69) is 10.6 Å². The zero-order valence-corrected chi connectivity index (χ0v) is 19.5. The number of rotatable bonds is 13. The van der Waals surface area contributed by atoms with Crippen molar-refractivity contribution >= 4 is 24.0 Å². The first-order valence-corrected chi connectivity index (χ1v) is 11.1. The number of phenols is 2. The molecule has 0 aromatic heterocycles. The van der Waals surface area contributed by atoms with Crippen molar-refractivity contribution in [3.8, 4) is 23.0 Å². The summed E-state index contributed by atoms with van der Waals surface area (Å²) in [5.74, 6) is 0.420. The number of methoxy groups -OCH3 is 2. The molecule has 182 valence electrons. The van der Waals surface area contributed by atoms with E-state index in [1.165, 1.54) is 38.5 Å². The van der Waals surface area contributed by atoms with Gasteiger partial charge in [0.25, 0.3) is 0 Å². The average Bonchev–Trinajstić information content (AvgIpc) is 2.83. The lowest BCUT2D eigenvalue weighted by Gasteiger charge is -2.05. The van der Waals surface area contributed by atoms with Crippen molar-refractivity contribution in [2.24, 2.45) is 0 Å². The summed E-state index contributed by atoms with van der Waals surface area (Å²) in [7, 11) is 2.95. The van der Waals surface area contributed by atoms with E-state index in [1.807, 2.05) is 0 Å². The summed E-state index contributed by atoms with van der Waals surface area (Å²) in [6.45, 7) is 1.14. The van der Waals surface area contributed by atoms with Crippen molar-refractivity contribution in [1.82, 2.24) is 10.6 Å². The molecular formula is C26H32N2O6. The molecule has 34 heavy (non-hydrogen) atoms. The second-order valence-electron chi connectivity index (χ2n) is 7.53. The molecule has 0 bridgehead atoms. The molecule has 2 aromatic rings. The first-order valence-electron chi connectivity index (χ1n) is 11.1. The lowest BCUT2D eigenvalue weighted by molar-refractivity contribution is -0.117. The van der Waals surface area contributed by atoms with Crippen molar-refractivity contribution in [3.05, 3.63) is 59.7 Å². The Balaban J connectivity index is 1.54. The monoisotopic (exact) mass is 468 g/mol. The maximum Gasteiger partial charge on any atom is 0.243 e. The summed E-state index contributed by atoms with van der Waals surface area (Å²) < 4.78 is 9.97. The molecule has 0 atom stereocenters. The minimum atomic E-state index is -0.195. The Hall–Kier alpha value is -3.94. The van der Waals surface area contributed by atoms with Gasteiger partial charge < -0.3 is 30.3 Å². The minimum Gasteiger partial charge on any atom is -0.504 e. The number of benzene rings is 2. The third kappa shape index (κ3) is 9.28. The highest BCUT2D eigenvalue weighted by molar-refractivity contribution is 5.92. The largest absolute Gasteiger partial charge is 0.504 e. The number of nitrogens with one attached hydrogen (secondary N) is 2. The maximum absolute atomic E-state index is 11.9. The number of hydrogen-bond acceptors (Lipinski definition) is 6. The first kappa shape index (κ1) is 26.3. The van der Waals surface area contributed by atoms with Crippen LogP contribution in [-0.4, -0.2) is 49.3 Å². The van der Waals surface area contributed by atoms with Crippen LogP contribution in [-0.2, 0) is 9.59 Å². The fraction of sp³-hybridized carbons (Fsp3) is 0.308. The fourth-order valence-electron chi connectivity index (χ4n) is 3.11. The molecular weight excluding hydrogens is 436 g/mol. The van der Waals surface area contributed by atoms with E-state index in [9.17, 15) is 19.8 Å². The maximum atomic E-state index is 11.9. The SMILES string of the molecule is COc1ccc(/C=C/C(=O)NCCCCCCNC(=O)/C=C/c2ccc(OC)c(O)c2)cc1O. The Kier molecular flexibility index (Phi) is 11.0. The molecule has 8 nitrogen and oxygen atoms in total. The molecule has 0 unspecified atom stereocenters. The van der Waals surface area contributed by atoms with Gasteiger partial charge in [-0.25, -0.2) is 0 Å². The molecule has 2 aromatic carbocycles. The summed E-state index contributed by atoms with van der Waals surface area (Å²) in [6, 6.07) is 9.83. The summed E-state index contributed by atoms with van der Waals surface area (Å²) in [4.78, 5) is 23.8. The summed E-state index contributed by atoms with van der Waals surface area (Å²) in [6.07, 6.45) is 9.68. The molecule has 0 saturated carbocycles.